The molecule has 9 heteroatoms. The summed E-state index contributed by atoms with van der Waals surface area (Å²) in [7, 11) is -3.88. The van der Waals surface area contributed by atoms with E-state index in [9.17, 15) is 17.2 Å². The largest absolute Gasteiger partial charge is 0.252 e. The van der Waals surface area contributed by atoms with Gasteiger partial charge < -0.3 is 0 Å². The Kier molecular flexibility index (Phi) is 4.38. The number of rotatable bonds is 4. The zero-order chi connectivity index (χ0) is 14.9. The minimum absolute atomic E-state index is 0.0787. The molecule has 0 saturated heterocycles. The van der Waals surface area contributed by atoms with Crippen molar-refractivity contribution in [3.63, 3.8) is 0 Å². The van der Waals surface area contributed by atoms with Gasteiger partial charge in [-0.3, -0.25) is 0 Å². The third-order valence-electron chi connectivity index (χ3n) is 2.48. The van der Waals surface area contributed by atoms with E-state index in [0.717, 1.165) is 35.7 Å². The quantitative estimate of drug-likeness (QED) is 0.931. The maximum Gasteiger partial charge on any atom is 0.252 e. The fourth-order valence-corrected chi connectivity index (χ4v) is 4.10. The summed E-state index contributed by atoms with van der Waals surface area (Å²) in [4.78, 5) is 3.63. The van der Waals surface area contributed by atoms with Crippen molar-refractivity contribution in [1.82, 2.24) is 9.71 Å². The molecule has 0 saturated carbocycles. The van der Waals surface area contributed by atoms with Crippen LogP contribution in [0.3, 0.4) is 0 Å². The molecule has 20 heavy (non-hydrogen) atoms. The van der Waals surface area contributed by atoms with Crippen molar-refractivity contribution in [2.45, 2.75) is 17.2 Å². The first-order valence-corrected chi connectivity index (χ1v) is 8.06. The van der Waals surface area contributed by atoms with Gasteiger partial charge in [0.05, 0.1) is 6.20 Å². The lowest BCUT2D eigenvalue weighted by atomic mass is 10.1. The number of thiazole rings is 1. The Balaban J connectivity index is 2.27. The lowest BCUT2D eigenvalue weighted by Crippen LogP contribution is -2.27. The average Bonchev–Trinajstić information content (AvgIpc) is 2.79. The van der Waals surface area contributed by atoms with Crippen molar-refractivity contribution in [1.29, 1.82) is 0 Å². The Morgan fingerprint density at radius 2 is 2.10 bits per heavy atom. The van der Waals surface area contributed by atoms with Gasteiger partial charge in [0, 0.05) is 11.6 Å². The summed E-state index contributed by atoms with van der Waals surface area (Å²) in [6, 6.07) is 1.92. The molecule has 2 rings (SSSR count). The molecule has 4 nitrogen and oxygen atoms in total. The lowest BCUT2D eigenvalue weighted by molar-refractivity contribution is 0.542. The minimum atomic E-state index is -3.88. The number of hydrogen-bond acceptors (Lipinski definition) is 4. The first kappa shape index (κ1) is 15.3. The predicted octanol–water partition coefficient (Wildman–Crippen LogP) is 3.11. The van der Waals surface area contributed by atoms with Gasteiger partial charge in [-0.25, -0.2) is 26.9 Å². The smallest absolute Gasteiger partial charge is 0.232 e. The van der Waals surface area contributed by atoms with Gasteiger partial charge in [0.15, 0.2) is 8.68 Å². The summed E-state index contributed by atoms with van der Waals surface area (Å²) < 4.78 is 52.9. The Morgan fingerprint density at radius 3 is 2.70 bits per heavy atom. The number of sulfonamides is 1. The Bertz CT molecular complexity index is 734. The number of benzene rings is 1. The first-order valence-electron chi connectivity index (χ1n) is 5.38. The van der Waals surface area contributed by atoms with Crippen molar-refractivity contribution in [3.05, 3.63) is 46.1 Å². The molecule has 1 aromatic heterocycles. The molecule has 108 valence electrons. The normalized spacial score (nSPS) is 13.4. The molecule has 1 aromatic carbocycles. The Labute approximate surface area is 123 Å². The Hall–Kier alpha value is -1.09. The maximum absolute atomic E-state index is 13.6. The standard InChI is InChI=1S/C11H9ClF2N2O2S2/c1-6(8-4-7(13)2-3-9(8)14)16-20(17,18)10-5-15-11(12)19-10/h2-6,16H,1H3. The summed E-state index contributed by atoms with van der Waals surface area (Å²) in [5.41, 5.74) is -0.0795. The van der Waals surface area contributed by atoms with Crippen LogP contribution in [0.25, 0.3) is 0 Å². The van der Waals surface area contributed by atoms with Crippen molar-refractivity contribution >= 4 is 33.0 Å². The number of nitrogens with one attached hydrogen (secondary N) is 1. The molecule has 0 radical (unpaired) electrons. The van der Waals surface area contributed by atoms with E-state index < -0.39 is 27.7 Å². The van der Waals surface area contributed by atoms with Crippen LogP contribution in [0.1, 0.15) is 18.5 Å². The fraction of sp³-hybridized carbons (Fsp3) is 0.182. The van der Waals surface area contributed by atoms with E-state index in [2.05, 4.69) is 9.71 Å². The first-order chi connectivity index (χ1) is 9.29. The third-order valence-corrected chi connectivity index (χ3v) is 5.59. The molecule has 1 atom stereocenters. The van der Waals surface area contributed by atoms with Gasteiger partial charge in [-0.05, 0) is 25.1 Å². The van der Waals surface area contributed by atoms with E-state index in [1.165, 1.54) is 6.92 Å². The highest BCUT2D eigenvalue weighted by Gasteiger charge is 2.22. The second kappa shape index (κ2) is 5.72. The second-order valence-corrected chi connectivity index (χ2v) is 7.49. The van der Waals surface area contributed by atoms with Crippen LogP contribution < -0.4 is 4.72 Å². The molecule has 1 unspecified atom stereocenters. The predicted molar refractivity (Wildman–Crippen MR) is 72.2 cm³/mol. The van der Waals surface area contributed by atoms with Gasteiger partial charge >= 0.3 is 0 Å². The molecule has 0 spiro atoms. The number of aromatic nitrogens is 1. The van der Waals surface area contributed by atoms with Gasteiger partial charge in [-0.1, -0.05) is 22.9 Å². The summed E-state index contributed by atoms with van der Waals surface area (Å²) in [6.45, 7) is 1.41. The van der Waals surface area contributed by atoms with Gasteiger partial charge in [0.25, 0.3) is 10.0 Å². The van der Waals surface area contributed by atoms with E-state index in [0.29, 0.717) is 0 Å². The molecule has 1 N–H and O–H groups in total. The zero-order valence-electron chi connectivity index (χ0n) is 10.1. The number of halogens is 3. The van der Waals surface area contributed by atoms with Crippen molar-refractivity contribution in [2.75, 3.05) is 0 Å². The topological polar surface area (TPSA) is 59.1 Å². The number of nitrogens with zero attached hydrogens (tertiary/aromatic N) is 1. The molecule has 0 amide bonds. The van der Waals surface area contributed by atoms with E-state index in [4.69, 9.17) is 11.6 Å². The van der Waals surface area contributed by atoms with E-state index >= 15 is 0 Å². The van der Waals surface area contributed by atoms with Crippen LogP contribution in [0.15, 0.2) is 28.6 Å². The van der Waals surface area contributed by atoms with Gasteiger partial charge in [0.1, 0.15) is 11.6 Å². The third kappa shape index (κ3) is 3.32. The van der Waals surface area contributed by atoms with Crippen LogP contribution in [0.5, 0.6) is 0 Å². The second-order valence-electron chi connectivity index (χ2n) is 3.94. The molecule has 0 aliphatic carbocycles. The summed E-state index contributed by atoms with van der Waals surface area (Å²) >= 11 is 6.35. The molecular weight excluding hydrogens is 330 g/mol. The van der Waals surface area contributed by atoms with Gasteiger partial charge in [-0.15, -0.1) is 0 Å². The highest BCUT2D eigenvalue weighted by Crippen LogP contribution is 2.25. The molecular formula is C11H9ClF2N2O2S2. The summed E-state index contributed by atoms with van der Waals surface area (Å²) in [5, 5.41) is 0. The van der Waals surface area contributed by atoms with Crippen LogP contribution >= 0.6 is 22.9 Å². The summed E-state index contributed by atoms with van der Waals surface area (Å²) in [6.07, 6.45) is 1.10. The van der Waals surface area contributed by atoms with Gasteiger partial charge in [0.2, 0.25) is 0 Å². The van der Waals surface area contributed by atoms with E-state index in [1.807, 2.05) is 0 Å². The van der Waals surface area contributed by atoms with Crippen molar-refractivity contribution in [3.8, 4) is 0 Å². The van der Waals surface area contributed by atoms with Crippen molar-refractivity contribution < 1.29 is 17.2 Å². The van der Waals surface area contributed by atoms with E-state index in [1.54, 1.807) is 0 Å². The maximum atomic E-state index is 13.6. The monoisotopic (exact) mass is 338 g/mol. The molecule has 1 heterocycles. The summed E-state index contributed by atoms with van der Waals surface area (Å²) in [5.74, 6) is -1.34. The Morgan fingerprint density at radius 1 is 1.40 bits per heavy atom. The highest BCUT2D eigenvalue weighted by molar-refractivity contribution is 7.91. The molecule has 0 aliphatic heterocycles. The molecule has 0 bridgehead atoms. The van der Waals surface area contributed by atoms with Crippen LogP contribution in [0, 0.1) is 11.6 Å². The zero-order valence-corrected chi connectivity index (χ0v) is 12.5. The lowest BCUT2D eigenvalue weighted by Gasteiger charge is -2.14. The minimum Gasteiger partial charge on any atom is -0.232 e. The highest BCUT2D eigenvalue weighted by atomic mass is 35.5. The van der Waals surface area contributed by atoms with Crippen molar-refractivity contribution in [2.24, 2.45) is 0 Å². The van der Waals surface area contributed by atoms with Crippen LogP contribution in [0.2, 0.25) is 4.47 Å². The molecule has 0 aliphatic rings. The van der Waals surface area contributed by atoms with Crippen LogP contribution in [-0.2, 0) is 10.0 Å². The van der Waals surface area contributed by atoms with Crippen LogP contribution in [-0.4, -0.2) is 13.4 Å². The number of hydrogen-bond donors (Lipinski definition) is 1. The average molecular weight is 339 g/mol. The molecule has 2 aromatic rings. The van der Waals surface area contributed by atoms with Crippen LogP contribution in [0.4, 0.5) is 8.78 Å². The fourth-order valence-electron chi connectivity index (χ4n) is 1.56. The molecule has 0 fully saturated rings. The van der Waals surface area contributed by atoms with Gasteiger partial charge in [-0.2, -0.15) is 0 Å². The SMILES string of the molecule is CC(NS(=O)(=O)c1cnc(Cl)s1)c1cc(F)ccc1F. The van der Waals surface area contributed by atoms with E-state index in [-0.39, 0.29) is 14.2 Å².